The second kappa shape index (κ2) is 8.17. The molecule has 1 fully saturated rings. The van der Waals surface area contributed by atoms with E-state index in [0.717, 1.165) is 50.2 Å². The number of nitrogens with zero attached hydrogens (tertiary/aromatic N) is 5. The van der Waals surface area contributed by atoms with E-state index in [1.165, 1.54) is 23.2 Å². The predicted octanol–water partition coefficient (Wildman–Crippen LogP) is 0.858. The summed E-state index contributed by atoms with van der Waals surface area (Å²) in [5, 5.41) is 14.0. The van der Waals surface area contributed by atoms with Crippen molar-refractivity contribution >= 4 is 6.21 Å². The standard InChI is InChI=1S/C17H25N5O3/c1-19-8-10-20(11-9-19)6-2-3-7-21-16(23)14-22(17(21)24)18-13-15-5-4-12-25-15/h4-5,12-14,23H,2-3,6-11H2,1H3. The molecule has 0 bridgehead atoms. The van der Waals surface area contributed by atoms with E-state index in [4.69, 9.17) is 4.42 Å². The van der Waals surface area contributed by atoms with Crippen molar-refractivity contribution in [2.24, 2.45) is 5.10 Å². The van der Waals surface area contributed by atoms with E-state index in [9.17, 15) is 9.90 Å². The van der Waals surface area contributed by atoms with Crippen LogP contribution in [0.25, 0.3) is 0 Å². The average Bonchev–Trinajstić information content (AvgIpc) is 3.21. The number of aromatic nitrogens is 2. The smallest absolute Gasteiger partial charge is 0.351 e. The third-order valence-electron chi connectivity index (χ3n) is 4.50. The van der Waals surface area contributed by atoms with Crippen molar-refractivity contribution in [2.75, 3.05) is 39.8 Å². The molecular weight excluding hydrogens is 322 g/mol. The second-order valence-electron chi connectivity index (χ2n) is 6.38. The van der Waals surface area contributed by atoms with Gasteiger partial charge in [-0.25, -0.2) is 4.79 Å². The van der Waals surface area contributed by atoms with Crippen molar-refractivity contribution in [3.63, 3.8) is 0 Å². The number of piperazine rings is 1. The van der Waals surface area contributed by atoms with Crippen LogP contribution >= 0.6 is 0 Å². The van der Waals surface area contributed by atoms with Crippen molar-refractivity contribution < 1.29 is 9.52 Å². The molecule has 0 radical (unpaired) electrons. The fourth-order valence-corrected chi connectivity index (χ4v) is 2.91. The molecule has 0 atom stereocenters. The maximum Gasteiger partial charge on any atom is 0.351 e. The fraction of sp³-hybridized carbons (Fsp3) is 0.529. The number of hydrogen-bond donors (Lipinski definition) is 1. The van der Waals surface area contributed by atoms with Gasteiger partial charge >= 0.3 is 5.69 Å². The third-order valence-corrected chi connectivity index (χ3v) is 4.50. The number of unbranched alkanes of at least 4 members (excludes halogenated alkanes) is 1. The van der Waals surface area contributed by atoms with Crippen LogP contribution < -0.4 is 5.69 Å². The first-order valence-electron chi connectivity index (χ1n) is 8.63. The van der Waals surface area contributed by atoms with Gasteiger partial charge in [0, 0.05) is 32.7 Å². The van der Waals surface area contributed by atoms with Gasteiger partial charge in [0.2, 0.25) is 5.88 Å². The van der Waals surface area contributed by atoms with Crippen LogP contribution in [0, 0.1) is 0 Å². The zero-order valence-electron chi connectivity index (χ0n) is 14.5. The summed E-state index contributed by atoms with van der Waals surface area (Å²) in [4.78, 5) is 17.1. The Kier molecular flexibility index (Phi) is 5.72. The first kappa shape index (κ1) is 17.5. The van der Waals surface area contributed by atoms with Crippen LogP contribution in [0.15, 0.2) is 38.9 Å². The summed E-state index contributed by atoms with van der Waals surface area (Å²) in [5.41, 5.74) is -0.347. The van der Waals surface area contributed by atoms with Crippen LogP contribution in [0.4, 0.5) is 0 Å². The highest BCUT2D eigenvalue weighted by Gasteiger charge is 2.13. The molecule has 0 aromatic carbocycles. The number of likely N-dealkylation sites (N-methyl/N-ethyl adjacent to an activating group) is 1. The van der Waals surface area contributed by atoms with Gasteiger partial charge in [0.05, 0.1) is 18.7 Å². The molecule has 8 heteroatoms. The van der Waals surface area contributed by atoms with Gasteiger partial charge in [-0.1, -0.05) is 0 Å². The maximum atomic E-state index is 12.3. The highest BCUT2D eigenvalue weighted by Crippen LogP contribution is 2.09. The average molecular weight is 347 g/mol. The highest BCUT2D eigenvalue weighted by molar-refractivity contribution is 5.75. The first-order chi connectivity index (χ1) is 12.1. The van der Waals surface area contributed by atoms with Crippen LogP contribution in [-0.2, 0) is 6.54 Å². The maximum absolute atomic E-state index is 12.3. The zero-order chi connectivity index (χ0) is 17.6. The molecule has 0 saturated carbocycles. The first-order valence-corrected chi connectivity index (χ1v) is 8.63. The zero-order valence-corrected chi connectivity index (χ0v) is 14.5. The Morgan fingerprint density at radius 1 is 1.24 bits per heavy atom. The van der Waals surface area contributed by atoms with E-state index in [-0.39, 0.29) is 11.6 Å². The number of hydrogen-bond acceptors (Lipinski definition) is 6. The van der Waals surface area contributed by atoms with Crippen molar-refractivity contribution in [1.82, 2.24) is 19.0 Å². The topological polar surface area (TPSA) is 79.1 Å². The number of aromatic hydroxyl groups is 1. The Morgan fingerprint density at radius 3 is 2.72 bits per heavy atom. The minimum Gasteiger partial charge on any atom is -0.493 e. The van der Waals surface area contributed by atoms with Gasteiger partial charge in [-0.3, -0.25) is 4.57 Å². The monoisotopic (exact) mass is 347 g/mol. The minimum absolute atomic E-state index is 0.0683. The Labute approximate surface area is 146 Å². The molecule has 1 aliphatic rings. The molecule has 2 aromatic rings. The van der Waals surface area contributed by atoms with E-state index in [2.05, 4.69) is 21.9 Å². The summed E-state index contributed by atoms with van der Waals surface area (Å²) in [7, 11) is 2.14. The Balaban J connectivity index is 1.50. The van der Waals surface area contributed by atoms with Crippen LogP contribution in [0.5, 0.6) is 5.88 Å². The molecular formula is C17H25N5O3. The van der Waals surface area contributed by atoms with Gasteiger partial charge in [-0.2, -0.15) is 9.78 Å². The predicted molar refractivity (Wildman–Crippen MR) is 95.2 cm³/mol. The largest absolute Gasteiger partial charge is 0.493 e. The summed E-state index contributed by atoms with van der Waals surface area (Å²) < 4.78 is 7.61. The fourth-order valence-electron chi connectivity index (χ4n) is 2.91. The lowest BCUT2D eigenvalue weighted by Gasteiger charge is -2.32. The highest BCUT2D eigenvalue weighted by atomic mass is 16.3. The lowest BCUT2D eigenvalue weighted by molar-refractivity contribution is 0.151. The van der Waals surface area contributed by atoms with Gasteiger partial charge in [-0.15, -0.1) is 0 Å². The van der Waals surface area contributed by atoms with E-state index in [0.29, 0.717) is 12.3 Å². The summed E-state index contributed by atoms with van der Waals surface area (Å²) in [6.45, 7) is 5.93. The summed E-state index contributed by atoms with van der Waals surface area (Å²) in [6.07, 6.45) is 6.14. The van der Waals surface area contributed by atoms with Gasteiger partial charge in [0.15, 0.2) is 0 Å². The summed E-state index contributed by atoms with van der Waals surface area (Å²) in [6, 6.07) is 3.48. The van der Waals surface area contributed by atoms with E-state index < -0.39 is 0 Å². The van der Waals surface area contributed by atoms with Crippen molar-refractivity contribution in [3.8, 4) is 5.88 Å². The summed E-state index contributed by atoms with van der Waals surface area (Å²) >= 11 is 0. The third kappa shape index (κ3) is 4.61. The molecule has 1 saturated heterocycles. The van der Waals surface area contributed by atoms with Crippen LogP contribution in [0.2, 0.25) is 0 Å². The van der Waals surface area contributed by atoms with Crippen LogP contribution in [0.1, 0.15) is 18.6 Å². The minimum atomic E-state index is -0.347. The summed E-state index contributed by atoms with van der Waals surface area (Å²) in [5.74, 6) is 0.479. The lowest BCUT2D eigenvalue weighted by atomic mass is 10.2. The molecule has 2 aromatic heterocycles. The number of rotatable bonds is 7. The van der Waals surface area contributed by atoms with Crippen molar-refractivity contribution in [3.05, 3.63) is 40.8 Å². The van der Waals surface area contributed by atoms with Crippen LogP contribution in [0.3, 0.4) is 0 Å². The quantitative estimate of drug-likeness (QED) is 0.594. The molecule has 136 valence electrons. The van der Waals surface area contributed by atoms with Crippen molar-refractivity contribution in [1.29, 1.82) is 0 Å². The molecule has 0 aliphatic carbocycles. The SMILES string of the molecule is CN1CCN(CCCCn2c(O)cn(N=Cc3ccco3)c2=O)CC1. The van der Waals surface area contributed by atoms with Gasteiger partial charge in [0.25, 0.3) is 0 Å². The molecule has 25 heavy (non-hydrogen) atoms. The van der Waals surface area contributed by atoms with Gasteiger partial charge in [0.1, 0.15) is 5.76 Å². The van der Waals surface area contributed by atoms with Gasteiger partial charge in [-0.05, 0) is 38.6 Å². The van der Waals surface area contributed by atoms with E-state index >= 15 is 0 Å². The number of furan rings is 1. The Morgan fingerprint density at radius 2 is 2.00 bits per heavy atom. The molecule has 1 aliphatic heterocycles. The normalized spacial score (nSPS) is 16.8. The second-order valence-corrected chi connectivity index (χ2v) is 6.38. The lowest BCUT2D eigenvalue weighted by Crippen LogP contribution is -2.44. The Bertz CT molecular complexity index is 739. The van der Waals surface area contributed by atoms with E-state index in [1.807, 2.05) is 0 Å². The Hall–Kier alpha value is -2.32. The van der Waals surface area contributed by atoms with E-state index in [1.54, 1.807) is 12.1 Å². The molecule has 3 heterocycles. The molecule has 0 spiro atoms. The molecule has 0 amide bonds. The molecule has 0 unspecified atom stereocenters. The van der Waals surface area contributed by atoms with Crippen LogP contribution in [-0.4, -0.2) is 70.1 Å². The number of imidazole rings is 1. The molecule has 3 rings (SSSR count). The molecule has 1 N–H and O–H groups in total. The van der Waals surface area contributed by atoms with Crippen molar-refractivity contribution in [2.45, 2.75) is 19.4 Å². The van der Waals surface area contributed by atoms with Gasteiger partial charge < -0.3 is 19.3 Å². The molecule has 8 nitrogen and oxygen atoms in total.